The predicted octanol–water partition coefficient (Wildman–Crippen LogP) is 2.38. The van der Waals surface area contributed by atoms with Crippen molar-refractivity contribution in [1.82, 2.24) is 4.98 Å². The molecule has 0 saturated carbocycles. The van der Waals surface area contributed by atoms with Gasteiger partial charge in [0.15, 0.2) is 0 Å². The van der Waals surface area contributed by atoms with Crippen molar-refractivity contribution in [2.24, 2.45) is 5.73 Å². The van der Waals surface area contributed by atoms with Crippen LogP contribution in [0.15, 0.2) is 29.9 Å². The van der Waals surface area contributed by atoms with Crippen molar-refractivity contribution in [2.45, 2.75) is 12.5 Å². The largest absolute Gasteiger partial charge is 0.372 e. The van der Waals surface area contributed by atoms with E-state index in [2.05, 4.69) is 23.2 Å². The third kappa shape index (κ3) is 1.88. The van der Waals surface area contributed by atoms with E-state index < -0.39 is 0 Å². The topological polar surface area (TPSA) is 48.1 Å². The molecule has 0 fully saturated rings. The van der Waals surface area contributed by atoms with E-state index in [1.165, 1.54) is 21.6 Å². The lowest BCUT2D eigenvalue weighted by molar-refractivity contribution is 0.0487. The second-order valence-corrected chi connectivity index (χ2v) is 4.97. The summed E-state index contributed by atoms with van der Waals surface area (Å²) in [5.74, 6) is 0. The molecule has 0 aliphatic carbocycles. The Balaban J connectivity index is 2.12. The van der Waals surface area contributed by atoms with Crippen LogP contribution in [0.5, 0.6) is 0 Å². The van der Waals surface area contributed by atoms with Crippen LogP contribution < -0.4 is 5.73 Å². The zero-order valence-electron chi connectivity index (χ0n) is 9.43. The molecule has 2 aromatic rings. The number of nitrogens with two attached hydrogens (primary N) is 1. The van der Waals surface area contributed by atoms with Crippen LogP contribution in [0.1, 0.15) is 17.2 Å². The minimum absolute atomic E-state index is 0.0478. The third-order valence-corrected chi connectivity index (χ3v) is 3.95. The molecule has 88 valence electrons. The molecule has 0 unspecified atom stereocenters. The number of hydrogen-bond acceptors (Lipinski definition) is 4. The smallest absolute Gasteiger partial charge is 0.0950 e. The van der Waals surface area contributed by atoms with Gasteiger partial charge in [-0.2, -0.15) is 0 Å². The second-order valence-electron chi connectivity index (χ2n) is 4.08. The predicted molar refractivity (Wildman–Crippen MR) is 69.0 cm³/mol. The summed E-state index contributed by atoms with van der Waals surface area (Å²) in [6, 6.07) is 6.35. The van der Waals surface area contributed by atoms with Gasteiger partial charge in [-0.3, -0.25) is 4.98 Å². The van der Waals surface area contributed by atoms with Crippen molar-refractivity contribution in [1.29, 1.82) is 0 Å². The quantitative estimate of drug-likeness (QED) is 0.885. The fourth-order valence-electron chi connectivity index (χ4n) is 2.35. The molecule has 0 saturated heterocycles. The summed E-state index contributed by atoms with van der Waals surface area (Å²) in [7, 11) is 0. The van der Waals surface area contributed by atoms with Crippen molar-refractivity contribution in [2.75, 3.05) is 13.2 Å². The zero-order chi connectivity index (χ0) is 11.7. The van der Waals surface area contributed by atoms with E-state index >= 15 is 0 Å². The number of thiazole rings is 1. The van der Waals surface area contributed by atoms with Crippen molar-refractivity contribution in [3.05, 3.63) is 41.0 Å². The van der Waals surface area contributed by atoms with Crippen LogP contribution in [0.25, 0.3) is 10.4 Å². The Morgan fingerprint density at radius 1 is 1.47 bits per heavy atom. The highest BCUT2D eigenvalue weighted by Gasteiger charge is 2.22. The van der Waals surface area contributed by atoms with E-state index in [0.29, 0.717) is 6.54 Å². The molecule has 0 amide bonds. The number of benzene rings is 1. The summed E-state index contributed by atoms with van der Waals surface area (Å²) < 4.78 is 5.69. The Hall–Kier alpha value is -1.23. The Bertz CT molecular complexity index is 510. The molecule has 0 bridgehead atoms. The van der Waals surface area contributed by atoms with E-state index in [1.54, 1.807) is 11.3 Å². The van der Waals surface area contributed by atoms with Crippen molar-refractivity contribution < 1.29 is 4.74 Å². The molecule has 1 aromatic carbocycles. The number of aromatic nitrogens is 1. The van der Waals surface area contributed by atoms with Gasteiger partial charge in [0.25, 0.3) is 0 Å². The summed E-state index contributed by atoms with van der Waals surface area (Å²) in [6.07, 6.45) is 2.93. The lowest BCUT2D eigenvalue weighted by Crippen LogP contribution is -2.23. The Morgan fingerprint density at radius 3 is 3.18 bits per heavy atom. The van der Waals surface area contributed by atoms with E-state index in [-0.39, 0.29) is 6.10 Å². The van der Waals surface area contributed by atoms with Gasteiger partial charge in [-0.15, -0.1) is 11.3 Å². The van der Waals surface area contributed by atoms with Gasteiger partial charge in [0.05, 0.1) is 23.1 Å². The van der Waals surface area contributed by atoms with Gasteiger partial charge in [-0.05, 0) is 23.1 Å². The van der Waals surface area contributed by atoms with Crippen LogP contribution in [-0.4, -0.2) is 18.1 Å². The van der Waals surface area contributed by atoms with Gasteiger partial charge in [0.2, 0.25) is 0 Å². The van der Waals surface area contributed by atoms with Gasteiger partial charge < -0.3 is 10.5 Å². The highest BCUT2D eigenvalue weighted by atomic mass is 32.1. The zero-order valence-corrected chi connectivity index (χ0v) is 10.2. The van der Waals surface area contributed by atoms with Gasteiger partial charge in [0, 0.05) is 12.7 Å². The molecular formula is C13H14N2OS. The molecular weight excluding hydrogens is 232 g/mol. The number of rotatable bonds is 2. The first-order chi connectivity index (χ1) is 8.40. The lowest BCUT2D eigenvalue weighted by Gasteiger charge is -2.26. The summed E-state index contributed by atoms with van der Waals surface area (Å²) >= 11 is 1.67. The molecule has 17 heavy (non-hydrogen) atoms. The molecule has 1 aliphatic rings. The Morgan fingerprint density at radius 2 is 2.41 bits per heavy atom. The molecule has 3 rings (SSSR count). The highest BCUT2D eigenvalue weighted by Crippen LogP contribution is 2.35. The normalized spacial score (nSPS) is 19.0. The minimum Gasteiger partial charge on any atom is -0.372 e. The number of nitrogens with zero attached hydrogens (tertiary/aromatic N) is 1. The van der Waals surface area contributed by atoms with E-state index in [1.807, 2.05) is 11.7 Å². The average Bonchev–Trinajstić information content (AvgIpc) is 2.91. The first-order valence-electron chi connectivity index (χ1n) is 5.72. The summed E-state index contributed by atoms with van der Waals surface area (Å²) in [4.78, 5) is 5.37. The maximum atomic E-state index is 5.75. The molecule has 1 aromatic heterocycles. The lowest BCUT2D eigenvalue weighted by atomic mass is 9.92. The van der Waals surface area contributed by atoms with Crippen LogP contribution >= 0.6 is 11.3 Å². The van der Waals surface area contributed by atoms with Crippen LogP contribution in [-0.2, 0) is 11.2 Å². The molecule has 0 radical (unpaired) electrons. The fraction of sp³-hybridized carbons (Fsp3) is 0.308. The summed E-state index contributed by atoms with van der Waals surface area (Å²) in [6.45, 7) is 1.30. The standard InChI is InChI=1S/C13H14N2OS/c14-6-12-10-2-1-3-11(9(10)4-5-16-12)13-7-15-8-17-13/h1-3,7-8,12H,4-6,14H2/t12-/m0/s1. The summed E-state index contributed by atoms with van der Waals surface area (Å²) in [5.41, 5.74) is 11.5. The maximum Gasteiger partial charge on any atom is 0.0950 e. The van der Waals surface area contributed by atoms with Gasteiger partial charge in [-0.25, -0.2) is 0 Å². The van der Waals surface area contributed by atoms with E-state index in [0.717, 1.165) is 13.0 Å². The van der Waals surface area contributed by atoms with Crippen LogP contribution in [0.3, 0.4) is 0 Å². The third-order valence-electron chi connectivity index (χ3n) is 3.14. The molecule has 1 atom stereocenters. The SMILES string of the molecule is NC[C@@H]1OCCc2c(-c3cncs3)cccc21. The van der Waals surface area contributed by atoms with Crippen molar-refractivity contribution >= 4 is 11.3 Å². The molecule has 3 nitrogen and oxygen atoms in total. The first-order valence-corrected chi connectivity index (χ1v) is 6.60. The van der Waals surface area contributed by atoms with E-state index in [9.17, 15) is 0 Å². The molecule has 2 N–H and O–H groups in total. The van der Waals surface area contributed by atoms with Gasteiger partial charge >= 0.3 is 0 Å². The number of ether oxygens (including phenoxy) is 1. The fourth-order valence-corrected chi connectivity index (χ4v) is 3.03. The monoisotopic (exact) mass is 246 g/mol. The maximum absolute atomic E-state index is 5.75. The highest BCUT2D eigenvalue weighted by molar-refractivity contribution is 7.13. The molecule has 4 heteroatoms. The molecule has 0 spiro atoms. The number of hydrogen-bond donors (Lipinski definition) is 1. The number of fused-ring (bicyclic) bond motifs is 1. The molecule has 1 aliphatic heterocycles. The van der Waals surface area contributed by atoms with Gasteiger partial charge in [-0.1, -0.05) is 18.2 Å². The Kier molecular flexibility index (Phi) is 2.93. The van der Waals surface area contributed by atoms with Crippen LogP contribution in [0.4, 0.5) is 0 Å². The van der Waals surface area contributed by atoms with E-state index in [4.69, 9.17) is 10.5 Å². The van der Waals surface area contributed by atoms with Crippen LogP contribution in [0, 0.1) is 0 Å². The van der Waals surface area contributed by atoms with Crippen molar-refractivity contribution in [3.8, 4) is 10.4 Å². The Labute approximate surface area is 104 Å². The van der Waals surface area contributed by atoms with Crippen molar-refractivity contribution in [3.63, 3.8) is 0 Å². The summed E-state index contributed by atoms with van der Waals surface area (Å²) in [5, 5.41) is 0. The molecule has 2 heterocycles. The van der Waals surface area contributed by atoms with Gasteiger partial charge in [0.1, 0.15) is 0 Å². The minimum atomic E-state index is 0.0478. The first kappa shape index (κ1) is 10.9. The second kappa shape index (κ2) is 4.56. The van der Waals surface area contributed by atoms with Crippen LogP contribution in [0.2, 0.25) is 0 Å². The average molecular weight is 246 g/mol.